The van der Waals surface area contributed by atoms with Crippen molar-refractivity contribution in [1.82, 2.24) is 20.4 Å². The van der Waals surface area contributed by atoms with E-state index in [1.807, 2.05) is 20.8 Å². The first kappa shape index (κ1) is 23.8. The van der Waals surface area contributed by atoms with Gasteiger partial charge in [-0.1, -0.05) is 12.8 Å². The van der Waals surface area contributed by atoms with Gasteiger partial charge in [0.1, 0.15) is 5.60 Å². The zero-order valence-corrected chi connectivity index (χ0v) is 19.1. The minimum Gasteiger partial charge on any atom is -0.444 e. The van der Waals surface area contributed by atoms with E-state index in [-0.39, 0.29) is 12.1 Å². The van der Waals surface area contributed by atoms with E-state index in [9.17, 15) is 4.79 Å². The van der Waals surface area contributed by atoms with Crippen molar-refractivity contribution in [2.24, 2.45) is 4.99 Å². The van der Waals surface area contributed by atoms with Gasteiger partial charge in [-0.3, -0.25) is 4.99 Å². The topological polar surface area (TPSA) is 69.2 Å². The predicted octanol–water partition coefficient (Wildman–Crippen LogP) is 3.21. The van der Waals surface area contributed by atoms with Gasteiger partial charge in [-0.25, -0.2) is 4.79 Å². The van der Waals surface area contributed by atoms with Gasteiger partial charge in [0.25, 0.3) is 0 Å². The molecule has 2 heterocycles. The number of nitrogens with one attached hydrogen (secondary N) is 2. The molecular formula is C22H43N5O2. The Balaban J connectivity index is 1.67. The molecule has 0 bridgehead atoms. The lowest BCUT2D eigenvalue weighted by molar-refractivity contribution is 0.0507. The fourth-order valence-electron chi connectivity index (χ4n) is 3.96. The zero-order valence-electron chi connectivity index (χ0n) is 19.1. The van der Waals surface area contributed by atoms with Gasteiger partial charge in [0.2, 0.25) is 0 Å². The summed E-state index contributed by atoms with van der Waals surface area (Å²) in [4.78, 5) is 21.7. The predicted molar refractivity (Wildman–Crippen MR) is 119 cm³/mol. The Labute approximate surface area is 177 Å². The van der Waals surface area contributed by atoms with Crippen LogP contribution in [0.25, 0.3) is 0 Å². The monoisotopic (exact) mass is 409 g/mol. The number of amides is 1. The minimum absolute atomic E-state index is 0.109. The second kappa shape index (κ2) is 12.3. The van der Waals surface area contributed by atoms with Crippen LogP contribution in [-0.4, -0.2) is 79.3 Å². The number of ether oxygens (including phenoxy) is 1. The number of aliphatic imine (C=N–C) groups is 1. The van der Waals surface area contributed by atoms with E-state index < -0.39 is 5.60 Å². The van der Waals surface area contributed by atoms with Crippen LogP contribution in [0, 0.1) is 0 Å². The molecule has 7 nitrogen and oxygen atoms in total. The van der Waals surface area contributed by atoms with Crippen LogP contribution in [0.2, 0.25) is 0 Å². The van der Waals surface area contributed by atoms with Crippen molar-refractivity contribution in [3.05, 3.63) is 0 Å². The molecule has 1 amide bonds. The largest absolute Gasteiger partial charge is 0.444 e. The van der Waals surface area contributed by atoms with Gasteiger partial charge in [-0.2, -0.15) is 0 Å². The summed E-state index contributed by atoms with van der Waals surface area (Å²) < 4.78 is 5.37. The van der Waals surface area contributed by atoms with Crippen LogP contribution in [0.4, 0.5) is 4.79 Å². The standard InChI is InChI=1S/C22H43N5O2/c1-5-23-20(24-13-8-6-9-14-26-15-10-7-11-16-26)27-17-12-19(18-27)25-21(28)29-22(2,3)4/h19H,5-18H2,1-4H3,(H,23,24)(H,25,28). The summed E-state index contributed by atoms with van der Waals surface area (Å²) >= 11 is 0. The van der Waals surface area contributed by atoms with E-state index in [2.05, 4.69) is 27.4 Å². The van der Waals surface area contributed by atoms with Crippen LogP contribution in [0.5, 0.6) is 0 Å². The Morgan fingerprint density at radius 3 is 2.55 bits per heavy atom. The first-order valence-electron chi connectivity index (χ1n) is 11.6. The van der Waals surface area contributed by atoms with E-state index in [1.165, 1.54) is 51.7 Å². The Kier molecular flexibility index (Phi) is 10.0. The lowest BCUT2D eigenvalue weighted by atomic mass is 10.1. The summed E-state index contributed by atoms with van der Waals surface area (Å²) in [6.45, 7) is 15.0. The fraction of sp³-hybridized carbons (Fsp3) is 0.909. The first-order chi connectivity index (χ1) is 13.9. The number of unbranched alkanes of at least 4 members (excludes halogenated alkanes) is 2. The van der Waals surface area contributed by atoms with E-state index >= 15 is 0 Å². The van der Waals surface area contributed by atoms with Crippen LogP contribution >= 0.6 is 0 Å². The molecule has 0 spiro atoms. The number of piperidine rings is 1. The Bertz CT molecular complexity index is 512. The molecule has 2 saturated heterocycles. The molecule has 2 aliphatic rings. The fourth-order valence-corrected chi connectivity index (χ4v) is 3.96. The van der Waals surface area contributed by atoms with Crippen LogP contribution in [-0.2, 0) is 4.74 Å². The molecule has 168 valence electrons. The molecule has 1 unspecified atom stereocenters. The van der Waals surface area contributed by atoms with Crippen molar-refractivity contribution in [3.63, 3.8) is 0 Å². The Hall–Kier alpha value is -1.50. The van der Waals surface area contributed by atoms with Gasteiger partial charge < -0.3 is 25.2 Å². The summed E-state index contributed by atoms with van der Waals surface area (Å²) in [5, 5.41) is 6.39. The molecule has 0 aliphatic carbocycles. The van der Waals surface area contributed by atoms with Gasteiger partial charge in [0.05, 0.1) is 6.04 Å². The first-order valence-corrected chi connectivity index (χ1v) is 11.6. The van der Waals surface area contributed by atoms with Gasteiger partial charge in [0.15, 0.2) is 5.96 Å². The van der Waals surface area contributed by atoms with Crippen LogP contribution in [0.15, 0.2) is 4.99 Å². The third-order valence-corrected chi connectivity index (χ3v) is 5.39. The quantitative estimate of drug-likeness (QED) is 0.366. The number of guanidine groups is 1. The molecule has 0 radical (unpaired) electrons. The summed E-state index contributed by atoms with van der Waals surface area (Å²) in [6.07, 6.45) is 8.38. The summed E-state index contributed by atoms with van der Waals surface area (Å²) in [7, 11) is 0. The second-order valence-electron chi connectivity index (χ2n) is 9.28. The molecule has 7 heteroatoms. The average molecular weight is 410 g/mol. The molecule has 0 aromatic carbocycles. The van der Waals surface area contributed by atoms with E-state index in [4.69, 9.17) is 9.73 Å². The van der Waals surface area contributed by atoms with Crippen molar-refractivity contribution >= 4 is 12.1 Å². The highest BCUT2D eigenvalue weighted by Gasteiger charge is 2.27. The molecular weight excluding hydrogens is 366 g/mol. The van der Waals surface area contributed by atoms with Crippen molar-refractivity contribution in [3.8, 4) is 0 Å². The van der Waals surface area contributed by atoms with E-state index in [0.717, 1.165) is 45.0 Å². The number of carbonyl (C=O) groups excluding carboxylic acids is 1. The summed E-state index contributed by atoms with van der Waals surface area (Å²) in [6, 6.07) is 0.109. The molecule has 0 aromatic rings. The molecule has 2 aliphatic heterocycles. The summed E-state index contributed by atoms with van der Waals surface area (Å²) in [5.74, 6) is 0.969. The molecule has 29 heavy (non-hydrogen) atoms. The Morgan fingerprint density at radius 1 is 1.10 bits per heavy atom. The molecule has 0 aromatic heterocycles. The van der Waals surface area contributed by atoms with Gasteiger partial charge in [0, 0.05) is 26.2 Å². The number of hydrogen-bond donors (Lipinski definition) is 2. The number of rotatable bonds is 8. The lowest BCUT2D eigenvalue weighted by Gasteiger charge is -2.26. The molecule has 2 N–H and O–H groups in total. The number of carbonyl (C=O) groups is 1. The lowest BCUT2D eigenvalue weighted by Crippen LogP contribution is -2.44. The highest BCUT2D eigenvalue weighted by molar-refractivity contribution is 5.80. The highest BCUT2D eigenvalue weighted by atomic mass is 16.6. The third-order valence-electron chi connectivity index (χ3n) is 5.39. The van der Waals surface area contributed by atoms with Gasteiger partial charge in [-0.05, 0) is 79.4 Å². The smallest absolute Gasteiger partial charge is 0.407 e. The molecule has 2 fully saturated rings. The second-order valence-corrected chi connectivity index (χ2v) is 9.28. The van der Waals surface area contributed by atoms with Crippen molar-refractivity contribution in [2.45, 2.75) is 84.3 Å². The molecule has 0 saturated carbocycles. The zero-order chi connectivity index (χ0) is 21.1. The van der Waals surface area contributed by atoms with Gasteiger partial charge in [-0.15, -0.1) is 0 Å². The number of likely N-dealkylation sites (tertiary alicyclic amines) is 2. The average Bonchev–Trinajstić information content (AvgIpc) is 3.11. The van der Waals surface area contributed by atoms with Crippen LogP contribution < -0.4 is 10.6 Å². The van der Waals surface area contributed by atoms with E-state index in [1.54, 1.807) is 0 Å². The summed E-state index contributed by atoms with van der Waals surface area (Å²) in [5.41, 5.74) is -0.466. The third kappa shape index (κ3) is 9.70. The highest BCUT2D eigenvalue weighted by Crippen LogP contribution is 2.13. The SMILES string of the molecule is CCNC(=NCCCCCN1CCCCC1)N1CCC(NC(=O)OC(C)(C)C)C1. The maximum absolute atomic E-state index is 12.0. The maximum Gasteiger partial charge on any atom is 0.407 e. The molecule has 1 atom stereocenters. The van der Waals surface area contributed by atoms with Gasteiger partial charge >= 0.3 is 6.09 Å². The number of hydrogen-bond acceptors (Lipinski definition) is 4. The van der Waals surface area contributed by atoms with E-state index in [0.29, 0.717) is 0 Å². The minimum atomic E-state index is -0.466. The van der Waals surface area contributed by atoms with Crippen LogP contribution in [0.3, 0.4) is 0 Å². The van der Waals surface area contributed by atoms with Crippen molar-refractivity contribution < 1.29 is 9.53 Å². The normalized spacial score (nSPS) is 21.3. The molecule has 2 rings (SSSR count). The Morgan fingerprint density at radius 2 is 1.86 bits per heavy atom. The van der Waals surface area contributed by atoms with Crippen molar-refractivity contribution in [2.75, 3.05) is 45.8 Å². The van der Waals surface area contributed by atoms with Crippen LogP contribution in [0.1, 0.15) is 72.6 Å². The number of nitrogens with zero attached hydrogens (tertiary/aromatic N) is 3. The van der Waals surface area contributed by atoms with Crippen molar-refractivity contribution in [1.29, 1.82) is 0 Å². The maximum atomic E-state index is 12.0. The number of alkyl carbamates (subject to hydrolysis) is 1.